The summed E-state index contributed by atoms with van der Waals surface area (Å²) in [5, 5.41) is 0. The van der Waals surface area contributed by atoms with Gasteiger partial charge in [-0.3, -0.25) is 16.2 Å². The molecule has 0 unspecified atom stereocenters. The molecule has 11 heavy (non-hydrogen) atoms. The summed E-state index contributed by atoms with van der Waals surface area (Å²) in [6, 6.07) is 0. The lowest BCUT2D eigenvalue weighted by Gasteiger charge is -2.16. The first-order valence-electron chi connectivity index (χ1n) is 3.54. The van der Waals surface area contributed by atoms with Crippen molar-refractivity contribution in [3.05, 3.63) is 12.3 Å². The molecule has 0 aliphatic rings. The zero-order valence-corrected chi connectivity index (χ0v) is 7.26. The largest absolute Gasteiger partial charge is 0.500 e. The lowest BCUT2D eigenvalue weighted by Crippen LogP contribution is -2.33. The Balaban J connectivity index is 3.35. The van der Waals surface area contributed by atoms with Crippen LogP contribution in [-0.4, -0.2) is 38.7 Å². The fraction of sp³-hybridized carbons (Fsp3) is 0.714. The molecule has 0 aliphatic carbocycles. The highest BCUT2D eigenvalue weighted by atomic mass is 16.5. The summed E-state index contributed by atoms with van der Waals surface area (Å²) in [5.74, 6) is 5.88. The predicted molar refractivity (Wildman–Crippen MR) is 45.8 cm³/mol. The number of nitrogens with zero attached hydrogens (tertiary/aromatic N) is 1. The van der Waals surface area contributed by atoms with Crippen molar-refractivity contribution in [3.8, 4) is 0 Å². The lowest BCUT2D eigenvalue weighted by molar-refractivity contribution is 0.236. The molecular formula is C7H17N3O. The van der Waals surface area contributed by atoms with E-state index in [4.69, 9.17) is 10.6 Å². The third kappa shape index (κ3) is 5.84. The third-order valence-corrected chi connectivity index (χ3v) is 1.37. The SMILES string of the molecule is C=C(CN(C)CCNN)OC. The average molecular weight is 159 g/mol. The molecule has 0 saturated heterocycles. The van der Waals surface area contributed by atoms with Gasteiger partial charge in [-0.15, -0.1) is 0 Å². The molecule has 0 saturated carbocycles. The first kappa shape index (κ1) is 10.4. The normalized spacial score (nSPS) is 10.2. The van der Waals surface area contributed by atoms with Crippen LogP contribution in [0.15, 0.2) is 12.3 Å². The highest BCUT2D eigenvalue weighted by Crippen LogP contribution is 1.92. The molecule has 0 spiro atoms. The van der Waals surface area contributed by atoms with Gasteiger partial charge in [0.25, 0.3) is 0 Å². The van der Waals surface area contributed by atoms with Gasteiger partial charge >= 0.3 is 0 Å². The molecule has 0 rings (SSSR count). The Labute approximate surface area is 68.0 Å². The van der Waals surface area contributed by atoms with Crippen molar-refractivity contribution in [1.29, 1.82) is 0 Å². The Kier molecular flexibility index (Phi) is 5.83. The molecule has 0 aromatic carbocycles. The molecule has 66 valence electrons. The second kappa shape index (κ2) is 6.15. The van der Waals surface area contributed by atoms with E-state index in [0.717, 1.165) is 25.4 Å². The molecule has 0 aromatic heterocycles. The molecule has 0 fully saturated rings. The van der Waals surface area contributed by atoms with E-state index in [2.05, 4.69) is 16.9 Å². The summed E-state index contributed by atoms with van der Waals surface area (Å²) < 4.78 is 4.91. The van der Waals surface area contributed by atoms with Crippen molar-refractivity contribution in [3.63, 3.8) is 0 Å². The van der Waals surface area contributed by atoms with Gasteiger partial charge < -0.3 is 4.74 Å². The van der Waals surface area contributed by atoms with Crippen LogP contribution in [0.2, 0.25) is 0 Å². The summed E-state index contributed by atoms with van der Waals surface area (Å²) in [6.07, 6.45) is 0. The molecule has 0 aliphatic heterocycles. The minimum absolute atomic E-state index is 0.748. The van der Waals surface area contributed by atoms with Crippen molar-refractivity contribution in [2.45, 2.75) is 0 Å². The molecule has 0 atom stereocenters. The number of methoxy groups -OCH3 is 1. The average Bonchev–Trinajstić information content (AvgIpc) is 2.00. The Morgan fingerprint density at radius 3 is 2.82 bits per heavy atom. The minimum atomic E-state index is 0.748. The third-order valence-electron chi connectivity index (χ3n) is 1.37. The number of rotatable bonds is 6. The molecule has 0 heterocycles. The Morgan fingerprint density at radius 2 is 2.36 bits per heavy atom. The van der Waals surface area contributed by atoms with E-state index >= 15 is 0 Å². The van der Waals surface area contributed by atoms with E-state index in [-0.39, 0.29) is 0 Å². The van der Waals surface area contributed by atoms with Crippen molar-refractivity contribution in [1.82, 2.24) is 10.3 Å². The topological polar surface area (TPSA) is 50.5 Å². The van der Waals surface area contributed by atoms with Gasteiger partial charge in [-0.05, 0) is 7.05 Å². The van der Waals surface area contributed by atoms with Crippen LogP contribution in [0.5, 0.6) is 0 Å². The second-order valence-corrected chi connectivity index (χ2v) is 2.43. The fourth-order valence-electron chi connectivity index (χ4n) is 0.700. The quantitative estimate of drug-likeness (QED) is 0.313. The smallest absolute Gasteiger partial charge is 0.102 e. The van der Waals surface area contributed by atoms with Crippen LogP contribution in [0.3, 0.4) is 0 Å². The monoisotopic (exact) mass is 159 g/mol. The van der Waals surface area contributed by atoms with Crippen LogP contribution in [0.25, 0.3) is 0 Å². The van der Waals surface area contributed by atoms with Gasteiger partial charge in [0.1, 0.15) is 5.76 Å². The summed E-state index contributed by atoms with van der Waals surface area (Å²) in [4.78, 5) is 2.08. The summed E-state index contributed by atoms with van der Waals surface area (Å²) >= 11 is 0. The minimum Gasteiger partial charge on any atom is -0.500 e. The number of likely N-dealkylation sites (N-methyl/N-ethyl adjacent to an activating group) is 1. The standard InChI is InChI=1S/C7H17N3O/c1-7(11-3)6-10(2)5-4-9-8/h9H,1,4-6,8H2,2-3H3. The highest BCUT2D eigenvalue weighted by molar-refractivity contribution is 4.84. The van der Waals surface area contributed by atoms with E-state index in [9.17, 15) is 0 Å². The van der Waals surface area contributed by atoms with E-state index in [1.807, 2.05) is 7.05 Å². The number of hydrogen-bond acceptors (Lipinski definition) is 4. The predicted octanol–water partition coefficient (Wildman–Crippen LogP) is -0.458. The molecule has 4 nitrogen and oxygen atoms in total. The molecule has 3 N–H and O–H groups in total. The number of hydrogen-bond donors (Lipinski definition) is 2. The first-order chi connectivity index (χ1) is 5.20. The summed E-state index contributed by atoms with van der Waals surface area (Å²) in [7, 11) is 3.61. The maximum Gasteiger partial charge on any atom is 0.102 e. The molecular weight excluding hydrogens is 142 g/mol. The van der Waals surface area contributed by atoms with Crippen molar-refractivity contribution >= 4 is 0 Å². The summed E-state index contributed by atoms with van der Waals surface area (Å²) in [6.45, 7) is 6.11. The first-order valence-corrected chi connectivity index (χ1v) is 3.54. The molecule has 0 amide bonds. The maximum absolute atomic E-state index is 5.11. The van der Waals surface area contributed by atoms with E-state index in [1.54, 1.807) is 7.11 Å². The van der Waals surface area contributed by atoms with Crippen molar-refractivity contribution in [2.24, 2.45) is 5.84 Å². The van der Waals surface area contributed by atoms with Gasteiger partial charge in [0.05, 0.1) is 13.7 Å². The Morgan fingerprint density at radius 1 is 1.73 bits per heavy atom. The lowest BCUT2D eigenvalue weighted by atomic mass is 10.4. The van der Waals surface area contributed by atoms with Crippen LogP contribution < -0.4 is 11.3 Å². The number of ether oxygens (including phenoxy) is 1. The Bertz CT molecular complexity index is 116. The second-order valence-electron chi connectivity index (χ2n) is 2.43. The van der Waals surface area contributed by atoms with Crippen molar-refractivity contribution < 1.29 is 4.74 Å². The molecule has 4 heteroatoms. The van der Waals surface area contributed by atoms with Gasteiger partial charge in [-0.2, -0.15) is 0 Å². The van der Waals surface area contributed by atoms with Crippen LogP contribution in [-0.2, 0) is 4.74 Å². The van der Waals surface area contributed by atoms with E-state index in [1.165, 1.54) is 0 Å². The van der Waals surface area contributed by atoms with Crippen LogP contribution in [0.4, 0.5) is 0 Å². The van der Waals surface area contributed by atoms with Crippen LogP contribution in [0.1, 0.15) is 0 Å². The highest BCUT2D eigenvalue weighted by Gasteiger charge is 1.98. The molecule has 0 radical (unpaired) electrons. The number of hydrazine groups is 1. The number of nitrogens with two attached hydrogens (primary N) is 1. The maximum atomic E-state index is 5.11. The van der Waals surface area contributed by atoms with Crippen LogP contribution in [0, 0.1) is 0 Å². The van der Waals surface area contributed by atoms with Gasteiger partial charge in [0.15, 0.2) is 0 Å². The Hall–Kier alpha value is -0.580. The fourth-order valence-corrected chi connectivity index (χ4v) is 0.700. The van der Waals surface area contributed by atoms with Gasteiger partial charge in [0.2, 0.25) is 0 Å². The molecule has 0 aromatic rings. The van der Waals surface area contributed by atoms with Gasteiger partial charge in [-0.1, -0.05) is 6.58 Å². The zero-order valence-electron chi connectivity index (χ0n) is 7.26. The van der Waals surface area contributed by atoms with Gasteiger partial charge in [-0.25, -0.2) is 0 Å². The summed E-state index contributed by atoms with van der Waals surface area (Å²) in [5.41, 5.74) is 2.58. The zero-order chi connectivity index (χ0) is 8.69. The van der Waals surface area contributed by atoms with E-state index < -0.39 is 0 Å². The van der Waals surface area contributed by atoms with Gasteiger partial charge in [0, 0.05) is 13.1 Å². The van der Waals surface area contributed by atoms with Crippen molar-refractivity contribution in [2.75, 3.05) is 33.8 Å². The number of nitrogens with one attached hydrogen (secondary N) is 1. The van der Waals surface area contributed by atoms with E-state index in [0.29, 0.717) is 0 Å². The molecule has 0 bridgehead atoms. The van der Waals surface area contributed by atoms with Crippen LogP contribution >= 0.6 is 0 Å².